The van der Waals surface area contributed by atoms with Crippen molar-refractivity contribution in [3.8, 4) is 23.0 Å². The normalized spacial score (nSPS) is 36.9. The first-order chi connectivity index (χ1) is 23.0. The van der Waals surface area contributed by atoms with Crippen molar-refractivity contribution in [2.24, 2.45) is 11.8 Å². The van der Waals surface area contributed by atoms with E-state index in [1.807, 2.05) is 0 Å². The van der Waals surface area contributed by atoms with Gasteiger partial charge in [0.1, 0.15) is 48.8 Å². The van der Waals surface area contributed by atoms with E-state index in [9.17, 15) is 46.0 Å². The third-order valence-corrected chi connectivity index (χ3v) is 9.14. The standard InChI is InChI=1S/C32H44O16/c1-42-20-8-14(3-5-18(20)35)7-16-12-44-30(17(16)10-33)15-4-6-19(21(9-15)43-2)46-32-29(41)27(39)25(37)23(48-32)13-45-31-28(40)26(38)24(36)22(11-34)47-31/h3-6,8-9,16-17,22-41H,7,10-13H2,1-2H3/t16-,17-,22+,23+,24+,25+,26-,27-,28+,29+,30+,31+,32+/m0/s1. The molecule has 0 unspecified atom stereocenters. The number of aliphatic hydroxyl groups excluding tert-OH is 8. The molecular weight excluding hydrogens is 640 g/mol. The minimum absolute atomic E-state index is 0.0312. The minimum atomic E-state index is -1.74. The van der Waals surface area contributed by atoms with Crippen molar-refractivity contribution in [1.29, 1.82) is 0 Å². The molecule has 0 amide bonds. The largest absolute Gasteiger partial charge is 0.504 e. The van der Waals surface area contributed by atoms with E-state index in [1.54, 1.807) is 36.4 Å². The van der Waals surface area contributed by atoms with Gasteiger partial charge in [-0.05, 0) is 47.7 Å². The molecule has 48 heavy (non-hydrogen) atoms. The molecule has 0 radical (unpaired) electrons. The van der Waals surface area contributed by atoms with Gasteiger partial charge in [-0.3, -0.25) is 0 Å². The van der Waals surface area contributed by atoms with Crippen LogP contribution in [0.4, 0.5) is 0 Å². The Morgan fingerprint density at radius 2 is 1.38 bits per heavy atom. The summed E-state index contributed by atoms with van der Waals surface area (Å²) in [5.74, 6) is 0.413. The minimum Gasteiger partial charge on any atom is -0.504 e. The molecule has 0 aromatic heterocycles. The van der Waals surface area contributed by atoms with Crippen LogP contribution in [0.1, 0.15) is 17.2 Å². The van der Waals surface area contributed by atoms with E-state index in [4.69, 9.17) is 33.2 Å². The van der Waals surface area contributed by atoms with Crippen LogP contribution in [-0.4, -0.2) is 148 Å². The van der Waals surface area contributed by atoms with Crippen molar-refractivity contribution in [1.82, 2.24) is 0 Å². The van der Waals surface area contributed by atoms with E-state index in [0.29, 0.717) is 24.3 Å². The van der Waals surface area contributed by atoms with Crippen molar-refractivity contribution >= 4 is 0 Å². The molecule has 3 heterocycles. The van der Waals surface area contributed by atoms with Crippen LogP contribution in [0.5, 0.6) is 23.0 Å². The zero-order valence-corrected chi connectivity index (χ0v) is 26.4. The van der Waals surface area contributed by atoms with Crippen molar-refractivity contribution in [3.05, 3.63) is 47.5 Å². The Balaban J connectivity index is 1.25. The maximum atomic E-state index is 10.7. The molecule has 13 atom stereocenters. The molecule has 0 spiro atoms. The maximum absolute atomic E-state index is 10.7. The Bertz CT molecular complexity index is 1340. The predicted molar refractivity (Wildman–Crippen MR) is 161 cm³/mol. The average molecular weight is 685 g/mol. The van der Waals surface area contributed by atoms with E-state index in [2.05, 4.69) is 0 Å². The molecule has 16 nitrogen and oxygen atoms in total. The quantitative estimate of drug-likeness (QED) is 0.117. The number of hydrogen-bond acceptors (Lipinski definition) is 16. The summed E-state index contributed by atoms with van der Waals surface area (Å²) in [7, 11) is 2.87. The summed E-state index contributed by atoms with van der Waals surface area (Å²) in [4.78, 5) is 0. The molecule has 16 heteroatoms. The van der Waals surface area contributed by atoms with Gasteiger partial charge in [0.2, 0.25) is 6.29 Å². The van der Waals surface area contributed by atoms with Crippen LogP contribution < -0.4 is 14.2 Å². The van der Waals surface area contributed by atoms with Crippen LogP contribution >= 0.6 is 0 Å². The number of aromatic hydroxyl groups is 1. The van der Waals surface area contributed by atoms with Crippen molar-refractivity contribution < 1.29 is 79.1 Å². The predicted octanol–water partition coefficient (Wildman–Crippen LogP) is -2.05. The number of benzene rings is 2. The fourth-order valence-corrected chi connectivity index (χ4v) is 6.30. The Labute approximate surface area is 276 Å². The van der Waals surface area contributed by atoms with Crippen LogP contribution in [0.3, 0.4) is 0 Å². The first-order valence-electron chi connectivity index (χ1n) is 15.6. The van der Waals surface area contributed by atoms with Crippen molar-refractivity contribution in [3.63, 3.8) is 0 Å². The molecular formula is C32H44O16. The van der Waals surface area contributed by atoms with Gasteiger partial charge in [0.15, 0.2) is 29.3 Å². The molecule has 3 fully saturated rings. The van der Waals surface area contributed by atoms with Gasteiger partial charge in [0.25, 0.3) is 0 Å². The van der Waals surface area contributed by atoms with Crippen LogP contribution in [0, 0.1) is 11.8 Å². The molecule has 3 aliphatic rings. The lowest BCUT2D eigenvalue weighted by Crippen LogP contribution is -2.62. The van der Waals surface area contributed by atoms with Gasteiger partial charge in [0, 0.05) is 12.5 Å². The van der Waals surface area contributed by atoms with Crippen LogP contribution in [0.25, 0.3) is 0 Å². The highest BCUT2D eigenvalue weighted by molar-refractivity contribution is 5.44. The first-order valence-corrected chi connectivity index (χ1v) is 15.6. The molecule has 3 saturated heterocycles. The van der Waals surface area contributed by atoms with Crippen molar-refractivity contribution in [2.75, 3.05) is 40.6 Å². The molecule has 0 saturated carbocycles. The van der Waals surface area contributed by atoms with E-state index in [1.165, 1.54) is 14.2 Å². The second-order valence-corrected chi connectivity index (χ2v) is 12.1. The van der Waals surface area contributed by atoms with Crippen molar-refractivity contribution in [2.45, 2.75) is 73.9 Å². The fraction of sp³-hybridized carbons (Fsp3) is 0.625. The summed E-state index contributed by atoms with van der Waals surface area (Å²) < 4.78 is 39.3. The van der Waals surface area contributed by atoms with Gasteiger partial charge in [-0.2, -0.15) is 0 Å². The lowest BCUT2D eigenvalue weighted by molar-refractivity contribution is -0.323. The lowest BCUT2D eigenvalue weighted by atomic mass is 9.84. The van der Waals surface area contributed by atoms with Gasteiger partial charge in [-0.1, -0.05) is 12.1 Å². The van der Waals surface area contributed by atoms with E-state index in [0.717, 1.165) is 5.56 Å². The summed E-state index contributed by atoms with van der Waals surface area (Å²) >= 11 is 0. The fourth-order valence-electron chi connectivity index (χ4n) is 6.30. The Hall–Kier alpha value is -2.84. The summed E-state index contributed by atoms with van der Waals surface area (Å²) in [5, 5.41) is 91.7. The average Bonchev–Trinajstić information content (AvgIpc) is 3.50. The number of ether oxygens (including phenoxy) is 7. The van der Waals surface area contributed by atoms with E-state index in [-0.39, 0.29) is 35.7 Å². The Morgan fingerprint density at radius 1 is 0.708 bits per heavy atom. The number of rotatable bonds is 12. The molecule has 2 aromatic carbocycles. The molecule has 9 N–H and O–H groups in total. The molecule has 5 rings (SSSR count). The number of phenolic OH excluding ortho intramolecular Hbond substituents is 1. The maximum Gasteiger partial charge on any atom is 0.229 e. The van der Waals surface area contributed by atoms with E-state index < -0.39 is 80.7 Å². The van der Waals surface area contributed by atoms with Gasteiger partial charge < -0.3 is 79.1 Å². The van der Waals surface area contributed by atoms with Crippen LogP contribution in [0.15, 0.2) is 36.4 Å². The van der Waals surface area contributed by atoms with Gasteiger partial charge in [-0.15, -0.1) is 0 Å². The summed E-state index contributed by atoms with van der Waals surface area (Å²) in [5.41, 5.74) is 1.60. The Morgan fingerprint density at radius 3 is 2.04 bits per heavy atom. The molecule has 268 valence electrons. The zero-order valence-electron chi connectivity index (χ0n) is 26.4. The summed E-state index contributed by atoms with van der Waals surface area (Å²) in [6, 6.07) is 10.0. The highest BCUT2D eigenvalue weighted by Gasteiger charge is 2.48. The van der Waals surface area contributed by atoms with Crippen LogP contribution in [-0.2, 0) is 25.4 Å². The number of phenols is 1. The second kappa shape index (κ2) is 15.8. The van der Waals surface area contributed by atoms with Gasteiger partial charge >= 0.3 is 0 Å². The first kappa shape index (κ1) is 36.4. The molecule has 0 aliphatic carbocycles. The Kier molecular flexibility index (Phi) is 12.0. The number of aliphatic hydroxyl groups is 8. The highest BCUT2D eigenvalue weighted by Crippen LogP contribution is 2.43. The number of hydrogen-bond donors (Lipinski definition) is 9. The second-order valence-electron chi connectivity index (χ2n) is 12.1. The number of methoxy groups -OCH3 is 2. The molecule has 0 bridgehead atoms. The summed E-state index contributed by atoms with van der Waals surface area (Å²) in [6.07, 6.45) is -15.6. The van der Waals surface area contributed by atoms with E-state index >= 15 is 0 Å². The third kappa shape index (κ3) is 7.50. The summed E-state index contributed by atoms with van der Waals surface area (Å²) in [6.45, 7) is -0.962. The third-order valence-electron chi connectivity index (χ3n) is 9.14. The highest BCUT2D eigenvalue weighted by atomic mass is 16.7. The van der Waals surface area contributed by atoms with Gasteiger partial charge in [0.05, 0.1) is 40.1 Å². The molecule has 2 aromatic rings. The SMILES string of the molecule is COc1cc(C[C@H]2CO[C@H](c3ccc(O[C@@H]4O[C@H](CO[C@@H]5O[C@H](CO)[C@@H](O)[C@H](O)[C@H]5O)[C@@H](O)[C@H](O)[C@H]4O)c(OC)c3)[C@H]2CO)ccc1O. The lowest BCUT2D eigenvalue weighted by Gasteiger charge is -2.42. The topological polar surface area (TPSA) is 247 Å². The van der Waals surface area contributed by atoms with Crippen LogP contribution in [0.2, 0.25) is 0 Å². The smallest absolute Gasteiger partial charge is 0.229 e. The molecule has 3 aliphatic heterocycles. The van der Waals surface area contributed by atoms with Gasteiger partial charge in [-0.25, -0.2) is 0 Å². The monoisotopic (exact) mass is 684 g/mol. The zero-order chi connectivity index (χ0) is 34.7.